The average molecular weight is 702 g/mol. The maximum absolute atomic E-state index is 14.6. The Balaban J connectivity index is 1.74. The van der Waals surface area contributed by atoms with E-state index in [2.05, 4.69) is 40.1 Å². The van der Waals surface area contributed by atoms with E-state index in [4.69, 9.17) is 5.73 Å². The summed E-state index contributed by atoms with van der Waals surface area (Å²) in [6.07, 6.45) is 4.64. The number of nitrogens with two attached hydrogens (primary N) is 1. The van der Waals surface area contributed by atoms with Crippen molar-refractivity contribution in [3.8, 4) is 0 Å². The van der Waals surface area contributed by atoms with E-state index in [0.717, 1.165) is 33.4 Å². The first-order chi connectivity index (χ1) is 24.5. The highest BCUT2D eigenvalue weighted by molar-refractivity contribution is 6.06. The average Bonchev–Trinajstić information content (AvgIpc) is 3.53. The van der Waals surface area contributed by atoms with Crippen LogP contribution in [0.3, 0.4) is 0 Å². The number of unbranched alkanes of at least 4 members (excludes halogenated alkanes) is 1. The minimum absolute atomic E-state index is 0.127. The van der Waals surface area contributed by atoms with Gasteiger partial charge in [-0.2, -0.15) is 0 Å². The Labute approximate surface area is 301 Å². The van der Waals surface area contributed by atoms with Crippen LogP contribution in [0.2, 0.25) is 0 Å². The predicted octanol–water partition coefficient (Wildman–Crippen LogP) is 2.96. The number of amides is 5. The van der Waals surface area contributed by atoms with E-state index in [1.54, 1.807) is 0 Å². The van der Waals surface area contributed by atoms with E-state index >= 15 is 0 Å². The Bertz CT molecular complexity index is 1620. The summed E-state index contributed by atoms with van der Waals surface area (Å²) in [7, 11) is 0. The second-order valence-electron chi connectivity index (χ2n) is 14.0. The van der Waals surface area contributed by atoms with Crippen molar-refractivity contribution in [2.75, 3.05) is 19.6 Å². The highest BCUT2D eigenvalue weighted by atomic mass is 16.2. The van der Waals surface area contributed by atoms with E-state index in [1.807, 2.05) is 74.6 Å². The van der Waals surface area contributed by atoms with Gasteiger partial charge in [-0.15, -0.1) is 0 Å². The summed E-state index contributed by atoms with van der Waals surface area (Å²) < 4.78 is 0. The maximum Gasteiger partial charge on any atom is 0.252 e. The van der Waals surface area contributed by atoms with Gasteiger partial charge in [0, 0.05) is 36.5 Å². The largest absolute Gasteiger partial charge is 0.361 e. The SMILES string of the molecule is CC[C@@H](C)[C@@H]1NCC(=O)N[C@@H](Cc2ccccc2)C(=O)N([C@@H](CCCCN)C(=O)N[C@@H](Cc2c[nH]c3ccccc23)C(=O)NCCC(C)C)C1=O. The van der Waals surface area contributed by atoms with Crippen LogP contribution in [0.25, 0.3) is 10.9 Å². The normalized spacial score (nSPS) is 18.8. The molecular weight excluding hydrogens is 646 g/mol. The van der Waals surface area contributed by atoms with E-state index in [-0.39, 0.29) is 37.6 Å². The molecule has 2 heterocycles. The molecule has 0 bridgehead atoms. The Morgan fingerprint density at radius 2 is 1.67 bits per heavy atom. The van der Waals surface area contributed by atoms with Gasteiger partial charge in [0.2, 0.25) is 23.6 Å². The molecule has 0 spiro atoms. The van der Waals surface area contributed by atoms with Crippen LogP contribution in [0.5, 0.6) is 0 Å². The monoisotopic (exact) mass is 701 g/mol. The third kappa shape index (κ3) is 10.7. The number of para-hydroxylation sites is 1. The number of hydrogen-bond acceptors (Lipinski definition) is 7. The van der Waals surface area contributed by atoms with E-state index in [0.29, 0.717) is 38.3 Å². The number of imide groups is 1. The van der Waals surface area contributed by atoms with Gasteiger partial charge in [0.15, 0.2) is 0 Å². The highest BCUT2D eigenvalue weighted by Gasteiger charge is 2.44. The van der Waals surface area contributed by atoms with Gasteiger partial charge in [-0.3, -0.25) is 34.2 Å². The van der Waals surface area contributed by atoms with Crippen molar-refractivity contribution in [2.45, 2.75) is 96.8 Å². The molecule has 1 aromatic heterocycles. The molecule has 3 aromatic rings. The van der Waals surface area contributed by atoms with Crippen molar-refractivity contribution >= 4 is 40.4 Å². The number of carbonyl (C=O) groups is 5. The molecule has 1 fully saturated rings. The summed E-state index contributed by atoms with van der Waals surface area (Å²) in [4.78, 5) is 75.0. The van der Waals surface area contributed by atoms with Gasteiger partial charge >= 0.3 is 0 Å². The van der Waals surface area contributed by atoms with Crippen LogP contribution in [0.4, 0.5) is 0 Å². The molecule has 51 heavy (non-hydrogen) atoms. The van der Waals surface area contributed by atoms with Crippen molar-refractivity contribution in [3.05, 3.63) is 71.9 Å². The van der Waals surface area contributed by atoms with E-state index < -0.39 is 47.8 Å². The first-order valence-corrected chi connectivity index (χ1v) is 18.3. The van der Waals surface area contributed by atoms with Crippen LogP contribution in [0.1, 0.15) is 70.9 Å². The minimum Gasteiger partial charge on any atom is -0.361 e. The lowest BCUT2D eigenvalue weighted by molar-refractivity contribution is -0.155. The number of aromatic nitrogens is 1. The maximum atomic E-state index is 14.6. The second-order valence-corrected chi connectivity index (χ2v) is 14.0. The van der Waals surface area contributed by atoms with Gasteiger partial charge in [-0.1, -0.05) is 82.6 Å². The van der Waals surface area contributed by atoms with Gasteiger partial charge in [-0.25, -0.2) is 0 Å². The van der Waals surface area contributed by atoms with Crippen LogP contribution in [0, 0.1) is 11.8 Å². The molecule has 0 aliphatic carbocycles. The molecular formula is C39H55N7O5. The lowest BCUT2D eigenvalue weighted by atomic mass is 9.95. The number of hydrogen-bond donors (Lipinski definition) is 6. The fourth-order valence-corrected chi connectivity index (χ4v) is 6.46. The molecule has 0 radical (unpaired) electrons. The molecule has 276 valence electrons. The Morgan fingerprint density at radius 3 is 2.37 bits per heavy atom. The lowest BCUT2D eigenvalue weighted by Crippen LogP contribution is -2.62. The van der Waals surface area contributed by atoms with Crippen LogP contribution in [-0.4, -0.2) is 83.2 Å². The molecule has 0 unspecified atom stereocenters. The summed E-state index contributed by atoms with van der Waals surface area (Å²) in [5.74, 6) is -2.53. The predicted molar refractivity (Wildman–Crippen MR) is 198 cm³/mol. The Kier molecular flexibility index (Phi) is 14.7. The van der Waals surface area contributed by atoms with Gasteiger partial charge in [0.05, 0.1) is 12.6 Å². The highest BCUT2D eigenvalue weighted by Crippen LogP contribution is 2.22. The first kappa shape index (κ1) is 39.2. The number of H-pyrrole nitrogens is 1. The fraction of sp³-hybridized carbons (Fsp3) is 0.513. The molecule has 1 aliphatic heterocycles. The van der Waals surface area contributed by atoms with Gasteiger partial charge in [0.1, 0.15) is 18.1 Å². The molecule has 12 heteroatoms. The van der Waals surface area contributed by atoms with Crippen molar-refractivity contribution in [1.29, 1.82) is 0 Å². The van der Waals surface area contributed by atoms with E-state index in [1.165, 1.54) is 0 Å². The third-order valence-corrected chi connectivity index (χ3v) is 9.65. The third-order valence-electron chi connectivity index (χ3n) is 9.65. The van der Waals surface area contributed by atoms with Crippen molar-refractivity contribution in [3.63, 3.8) is 0 Å². The van der Waals surface area contributed by atoms with Gasteiger partial charge in [-0.05, 0) is 61.3 Å². The molecule has 5 atom stereocenters. The standard InChI is InChI=1S/C39H55N7O5/c1-5-26(4)35-39(51)46(38(50)32(44-34(47)24-43-35)21-27-13-7-6-8-14-27)33(17-11-12-19-40)37(49)45-31(36(48)41-20-18-25(2)3)22-28-23-42-30-16-10-9-15-29(28)30/h6-10,13-16,23,25-26,31-33,35,42-43H,5,11-12,17-22,24,40H2,1-4H3,(H,41,48)(H,44,47)(H,45,49)/t26-,31+,32+,33+,35+/m1/s1. The van der Waals surface area contributed by atoms with Crippen LogP contribution >= 0.6 is 0 Å². The molecule has 5 amide bonds. The topological polar surface area (TPSA) is 179 Å². The molecule has 1 saturated heterocycles. The quantitative estimate of drug-likeness (QED) is 0.0926. The van der Waals surface area contributed by atoms with Crippen LogP contribution in [-0.2, 0) is 36.8 Å². The zero-order chi connectivity index (χ0) is 36.9. The van der Waals surface area contributed by atoms with Crippen molar-refractivity contribution in [2.24, 2.45) is 17.6 Å². The zero-order valence-corrected chi connectivity index (χ0v) is 30.4. The van der Waals surface area contributed by atoms with Crippen molar-refractivity contribution < 1.29 is 24.0 Å². The molecule has 0 saturated carbocycles. The van der Waals surface area contributed by atoms with Gasteiger partial charge < -0.3 is 26.7 Å². The van der Waals surface area contributed by atoms with Crippen LogP contribution in [0.15, 0.2) is 60.8 Å². The number of aromatic amines is 1. The number of nitrogens with zero attached hydrogens (tertiary/aromatic N) is 1. The first-order valence-electron chi connectivity index (χ1n) is 18.3. The number of nitrogens with one attached hydrogen (secondary N) is 5. The molecule has 1 aliphatic rings. The van der Waals surface area contributed by atoms with Crippen LogP contribution < -0.4 is 27.0 Å². The Morgan fingerprint density at radius 1 is 0.941 bits per heavy atom. The lowest BCUT2D eigenvalue weighted by Gasteiger charge is -2.35. The summed E-state index contributed by atoms with van der Waals surface area (Å²) in [5, 5.41) is 12.8. The summed E-state index contributed by atoms with van der Waals surface area (Å²) in [6.45, 7) is 8.56. The molecule has 2 aromatic carbocycles. The fourth-order valence-electron chi connectivity index (χ4n) is 6.46. The molecule has 12 nitrogen and oxygen atoms in total. The Hall–Kier alpha value is -4.55. The summed E-state index contributed by atoms with van der Waals surface area (Å²) in [5.41, 5.74) is 8.38. The number of carbonyl (C=O) groups excluding carboxylic acids is 5. The summed E-state index contributed by atoms with van der Waals surface area (Å²) >= 11 is 0. The van der Waals surface area contributed by atoms with E-state index in [9.17, 15) is 24.0 Å². The number of fused-ring (bicyclic) bond motifs is 1. The molecule has 7 N–H and O–H groups in total. The number of benzene rings is 2. The minimum atomic E-state index is -1.26. The number of rotatable bonds is 17. The second kappa shape index (κ2) is 19.2. The van der Waals surface area contributed by atoms with Crippen molar-refractivity contribution in [1.82, 2.24) is 31.2 Å². The zero-order valence-electron chi connectivity index (χ0n) is 30.4. The smallest absolute Gasteiger partial charge is 0.252 e. The summed E-state index contributed by atoms with van der Waals surface area (Å²) in [6, 6.07) is 12.7. The molecule has 4 rings (SSSR count). The van der Waals surface area contributed by atoms with Gasteiger partial charge in [0.25, 0.3) is 5.91 Å².